The predicted octanol–water partition coefficient (Wildman–Crippen LogP) is 1.26. The molecule has 10 heavy (non-hydrogen) atoms. The summed E-state index contributed by atoms with van der Waals surface area (Å²) in [6.07, 6.45) is 0.142. The first-order chi connectivity index (χ1) is 4.70. The van der Waals surface area contributed by atoms with Crippen LogP contribution in [0.2, 0.25) is 0 Å². The Kier molecular flexibility index (Phi) is 1.99. The van der Waals surface area contributed by atoms with Crippen molar-refractivity contribution in [3.8, 4) is 0 Å². The summed E-state index contributed by atoms with van der Waals surface area (Å²) >= 11 is 0. The zero-order valence-corrected chi connectivity index (χ0v) is 5.51. The number of halogens is 2. The Bertz CT molecular complexity index is 207. The van der Waals surface area contributed by atoms with Crippen molar-refractivity contribution in [2.75, 3.05) is 0 Å². The van der Waals surface area contributed by atoms with Gasteiger partial charge in [0.15, 0.2) is 0 Å². The van der Waals surface area contributed by atoms with E-state index in [-0.39, 0.29) is 6.54 Å². The van der Waals surface area contributed by atoms with E-state index in [0.29, 0.717) is 5.69 Å². The van der Waals surface area contributed by atoms with Crippen LogP contribution >= 0.6 is 0 Å². The fraction of sp³-hybridized carbons (Fsp3) is 0.500. The number of hydrogen-bond donors (Lipinski definition) is 0. The number of hydrogen-bond acceptors (Lipinski definition) is 1. The van der Waals surface area contributed by atoms with E-state index in [1.165, 1.54) is 4.68 Å². The molecule has 0 aliphatic heterocycles. The van der Waals surface area contributed by atoms with Crippen molar-refractivity contribution in [3.63, 3.8) is 0 Å². The second-order valence-corrected chi connectivity index (χ2v) is 1.99. The van der Waals surface area contributed by atoms with Gasteiger partial charge in [-0.1, -0.05) is 0 Å². The van der Waals surface area contributed by atoms with Crippen LogP contribution in [-0.4, -0.2) is 16.2 Å². The van der Waals surface area contributed by atoms with E-state index in [2.05, 4.69) is 11.3 Å². The highest BCUT2D eigenvalue weighted by Crippen LogP contribution is 2.00. The number of alkyl halides is 2. The van der Waals surface area contributed by atoms with Crippen LogP contribution in [0.1, 0.15) is 5.69 Å². The molecule has 0 aliphatic rings. The molecule has 1 heterocycles. The molecule has 1 radical (unpaired) electrons. The lowest BCUT2D eigenvalue weighted by atomic mass is 10.5. The first-order valence-electron chi connectivity index (χ1n) is 2.89. The van der Waals surface area contributed by atoms with Gasteiger partial charge in [0.05, 0.1) is 0 Å². The van der Waals surface area contributed by atoms with Crippen LogP contribution in [0.3, 0.4) is 0 Å². The minimum absolute atomic E-state index is 0.338. The molecule has 0 N–H and O–H groups in total. The maximum atomic E-state index is 11.7. The summed E-state index contributed by atoms with van der Waals surface area (Å²) in [5, 5.41) is 3.57. The smallest absolute Gasteiger partial charge is 0.257 e. The van der Waals surface area contributed by atoms with Gasteiger partial charge in [0.1, 0.15) is 12.7 Å². The van der Waals surface area contributed by atoms with E-state index >= 15 is 0 Å². The maximum absolute atomic E-state index is 11.7. The van der Waals surface area contributed by atoms with Gasteiger partial charge in [0.25, 0.3) is 6.43 Å². The Morgan fingerprint density at radius 2 is 2.50 bits per heavy atom. The quantitative estimate of drug-likeness (QED) is 0.612. The maximum Gasteiger partial charge on any atom is 0.257 e. The summed E-state index contributed by atoms with van der Waals surface area (Å²) in [6.45, 7) is 1.38. The molecule has 1 rings (SSSR count). The average Bonchev–Trinajstić information content (AvgIpc) is 2.15. The Labute approximate surface area is 57.5 Å². The van der Waals surface area contributed by atoms with Crippen LogP contribution in [0.25, 0.3) is 0 Å². The third-order valence-corrected chi connectivity index (χ3v) is 1.17. The van der Waals surface area contributed by atoms with Crippen LogP contribution in [0, 0.1) is 13.1 Å². The average molecular weight is 145 g/mol. The standard InChI is InChI=1S/C6H7F2N2/c1-5-2-3-9-10(5)4-6(7)8/h2,6H,4H2,1H3. The number of aromatic nitrogens is 2. The molecule has 0 saturated carbocycles. The molecule has 0 aliphatic carbocycles. The van der Waals surface area contributed by atoms with E-state index in [4.69, 9.17) is 0 Å². The first kappa shape index (κ1) is 7.18. The molecule has 0 amide bonds. The minimum Gasteiger partial charge on any atom is -0.263 e. The zero-order valence-electron chi connectivity index (χ0n) is 5.51. The number of rotatable bonds is 2. The van der Waals surface area contributed by atoms with Gasteiger partial charge in [-0.3, -0.25) is 4.68 Å². The highest BCUT2D eigenvalue weighted by Gasteiger charge is 2.05. The van der Waals surface area contributed by atoms with Gasteiger partial charge in [-0.25, -0.2) is 8.78 Å². The van der Waals surface area contributed by atoms with Crippen molar-refractivity contribution in [2.24, 2.45) is 0 Å². The lowest BCUT2D eigenvalue weighted by Gasteiger charge is -2.00. The van der Waals surface area contributed by atoms with Crippen molar-refractivity contribution >= 4 is 0 Å². The van der Waals surface area contributed by atoms with Crippen LogP contribution in [-0.2, 0) is 6.54 Å². The van der Waals surface area contributed by atoms with Crippen LogP contribution in [0.4, 0.5) is 8.78 Å². The van der Waals surface area contributed by atoms with Crippen LogP contribution < -0.4 is 0 Å². The second-order valence-electron chi connectivity index (χ2n) is 1.99. The fourth-order valence-corrected chi connectivity index (χ4v) is 0.661. The fourth-order valence-electron chi connectivity index (χ4n) is 0.661. The molecule has 0 saturated heterocycles. The molecule has 0 unspecified atom stereocenters. The lowest BCUT2D eigenvalue weighted by Crippen LogP contribution is -2.09. The monoisotopic (exact) mass is 145 g/mol. The highest BCUT2D eigenvalue weighted by molar-refractivity contribution is 4.94. The first-order valence-corrected chi connectivity index (χ1v) is 2.89. The molecule has 55 valence electrons. The summed E-state index contributed by atoms with van der Waals surface area (Å²) in [4.78, 5) is 0. The summed E-state index contributed by atoms with van der Waals surface area (Å²) < 4.78 is 24.6. The SMILES string of the molecule is Cc1c[c]nn1CC(F)F. The van der Waals surface area contributed by atoms with Crippen molar-refractivity contribution in [1.82, 2.24) is 9.78 Å². The molecule has 0 spiro atoms. The zero-order chi connectivity index (χ0) is 7.56. The lowest BCUT2D eigenvalue weighted by molar-refractivity contribution is 0.121. The largest absolute Gasteiger partial charge is 0.263 e. The van der Waals surface area contributed by atoms with Crippen LogP contribution in [0.15, 0.2) is 6.07 Å². The molecule has 1 aromatic heterocycles. The molecular formula is C6H7F2N2. The summed E-state index contributed by atoms with van der Waals surface area (Å²) in [5.41, 5.74) is 0.709. The highest BCUT2D eigenvalue weighted by atomic mass is 19.3. The topological polar surface area (TPSA) is 17.8 Å². The van der Waals surface area contributed by atoms with E-state index in [9.17, 15) is 8.78 Å². The van der Waals surface area contributed by atoms with Gasteiger partial charge in [0.2, 0.25) is 0 Å². The van der Waals surface area contributed by atoms with Crippen molar-refractivity contribution in [2.45, 2.75) is 19.9 Å². The Balaban J connectivity index is 2.65. The van der Waals surface area contributed by atoms with Crippen molar-refractivity contribution in [3.05, 3.63) is 18.0 Å². The third kappa shape index (κ3) is 1.52. The molecule has 4 heteroatoms. The van der Waals surface area contributed by atoms with Gasteiger partial charge in [-0.2, -0.15) is 5.10 Å². The molecule has 0 bridgehead atoms. The van der Waals surface area contributed by atoms with E-state index in [0.717, 1.165) is 0 Å². The molecular weight excluding hydrogens is 138 g/mol. The van der Waals surface area contributed by atoms with Gasteiger partial charge in [-0.05, 0) is 13.0 Å². The van der Waals surface area contributed by atoms with Gasteiger partial charge >= 0.3 is 0 Å². The van der Waals surface area contributed by atoms with Gasteiger partial charge < -0.3 is 0 Å². The van der Waals surface area contributed by atoms with Gasteiger partial charge in [0, 0.05) is 5.69 Å². The number of nitrogens with zero attached hydrogens (tertiary/aromatic N) is 2. The minimum atomic E-state index is -2.34. The van der Waals surface area contributed by atoms with Crippen molar-refractivity contribution in [1.29, 1.82) is 0 Å². The molecule has 2 nitrogen and oxygen atoms in total. The summed E-state index contributed by atoms with van der Waals surface area (Å²) in [6, 6.07) is 1.57. The molecule has 0 atom stereocenters. The van der Waals surface area contributed by atoms with E-state index in [1.807, 2.05) is 0 Å². The molecule has 0 aromatic carbocycles. The summed E-state index contributed by atoms with van der Waals surface area (Å²) in [5.74, 6) is 0. The van der Waals surface area contributed by atoms with E-state index < -0.39 is 6.43 Å². The molecule has 1 aromatic rings. The Hall–Kier alpha value is -0.930. The Morgan fingerprint density at radius 3 is 2.90 bits per heavy atom. The normalized spacial score (nSPS) is 10.8. The third-order valence-electron chi connectivity index (χ3n) is 1.17. The van der Waals surface area contributed by atoms with Crippen LogP contribution in [0.5, 0.6) is 0 Å². The predicted molar refractivity (Wildman–Crippen MR) is 31.8 cm³/mol. The molecule has 0 fully saturated rings. The Morgan fingerprint density at radius 1 is 1.80 bits per heavy atom. The van der Waals surface area contributed by atoms with Crippen molar-refractivity contribution < 1.29 is 8.78 Å². The van der Waals surface area contributed by atoms with E-state index in [1.54, 1.807) is 13.0 Å². The number of aryl methyl sites for hydroxylation is 1. The van der Waals surface area contributed by atoms with Gasteiger partial charge in [-0.15, -0.1) is 0 Å². The second kappa shape index (κ2) is 2.77. The summed E-state index contributed by atoms with van der Waals surface area (Å²) in [7, 11) is 0.